The Bertz CT molecular complexity index is 276. The Labute approximate surface area is 124 Å². The molecule has 116 valence electrons. The van der Waals surface area contributed by atoms with E-state index < -0.39 is 0 Å². The number of hydrogen-bond donors (Lipinski definition) is 0. The summed E-state index contributed by atoms with van der Waals surface area (Å²) in [5, 5.41) is 0. The summed E-state index contributed by atoms with van der Waals surface area (Å²) in [5.74, 6) is -0.0987. The van der Waals surface area contributed by atoms with Crippen LogP contribution >= 0.6 is 0 Å². The van der Waals surface area contributed by atoms with Gasteiger partial charge < -0.3 is 9.64 Å². The minimum absolute atomic E-state index is 0.0987. The second-order valence-electron chi connectivity index (χ2n) is 5.19. The maximum atomic E-state index is 11.5. The van der Waals surface area contributed by atoms with Crippen molar-refractivity contribution < 1.29 is 9.53 Å². The number of carbonyl (C=O) groups is 1. The fraction of sp³-hybridized carbons (Fsp3) is 0.706. The lowest BCUT2D eigenvalue weighted by Gasteiger charge is -2.27. The molecular formula is C17H31NO2. The minimum atomic E-state index is -0.0987. The SMILES string of the molecule is C=CCCCC(=O)OCCN(C)C(CCC)CCC=C. The first-order valence-electron chi connectivity index (χ1n) is 7.73. The molecule has 3 heteroatoms. The van der Waals surface area contributed by atoms with Crippen LogP contribution in [0.25, 0.3) is 0 Å². The van der Waals surface area contributed by atoms with Crippen molar-refractivity contribution in [1.29, 1.82) is 0 Å². The molecule has 0 amide bonds. The molecule has 0 rings (SSSR count). The van der Waals surface area contributed by atoms with Crippen LogP contribution in [0.5, 0.6) is 0 Å². The van der Waals surface area contributed by atoms with Crippen LogP contribution in [-0.4, -0.2) is 37.1 Å². The average Bonchev–Trinajstić information content (AvgIpc) is 2.43. The molecule has 0 aromatic carbocycles. The topological polar surface area (TPSA) is 29.5 Å². The number of allylic oxidation sites excluding steroid dienone is 2. The predicted molar refractivity (Wildman–Crippen MR) is 85.8 cm³/mol. The molecule has 0 radical (unpaired) electrons. The van der Waals surface area contributed by atoms with Gasteiger partial charge in [0.05, 0.1) is 0 Å². The number of rotatable bonds is 13. The van der Waals surface area contributed by atoms with E-state index in [2.05, 4.69) is 32.0 Å². The van der Waals surface area contributed by atoms with Gasteiger partial charge in [-0.1, -0.05) is 25.5 Å². The number of esters is 1. The van der Waals surface area contributed by atoms with E-state index in [0.717, 1.165) is 32.2 Å². The van der Waals surface area contributed by atoms with Gasteiger partial charge in [0, 0.05) is 19.0 Å². The Balaban J connectivity index is 3.86. The number of unbranched alkanes of at least 4 members (excludes halogenated alkanes) is 1. The monoisotopic (exact) mass is 281 g/mol. The van der Waals surface area contributed by atoms with Crippen molar-refractivity contribution in [3.05, 3.63) is 25.3 Å². The molecule has 0 aliphatic carbocycles. The van der Waals surface area contributed by atoms with Gasteiger partial charge in [-0.05, 0) is 39.2 Å². The zero-order chi connectivity index (χ0) is 15.2. The Morgan fingerprint density at radius 2 is 1.95 bits per heavy atom. The van der Waals surface area contributed by atoms with Crippen LogP contribution in [0.15, 0.2) is 25.3 Å². The first kappa shape index (κ1) is 18.9. The van der Waals surface area contributed by atoms with E-state index in [1.807, 2.05) is 12.2 Å². The van der Waals surface area contributed by atoms with Gasteiger partial charge in [0.15, 0.2) is 0 Å². The van der Waals surface area contributed by atoms with E-state index in [4.69, 9.17) is 4.74 Å². The fourth-order valence-corrected chi connectivity index (χ4v) is 2.18. The molecule has 0 aliphatic heterocycles. The molecule has 0 heterocycles. The summed E-state index contributed by atoms with van der Waals surface area (Å²) in [6.07, 6.45) is 10.5. The highest BCUT2D eigenvalue weighted by Crippen LogP contribution is 2.12. The Morgan fingerprint density at radius 1 is 1.25 bits per heavy atom. The first-order chi connectivity index (χ1) is 9.65. The summed E-state index contributed by atoms with van der Waals surface area (Å²) in [6.45, 7) is 10.9. The molecule has 0 aromatic rings. The minimum Gasteiger partial charge on any atom is -0.464 e. The zero-order valence-corrected chi connectivity index (χ0v) is 13.3. The van der Waals surface area contributed by atoms with E-state index >= 15 is 0 Å². The molecule has 0 saturated heterocycles. The number of hydrogen-bond acceptors (Lipinski definition) is 3. The normalized spacial score (nSPS) is 12.2. The second-order valence-corrected chi connectivity index (χ2v) is 5.19. The van der Waals surface area contributed by atoms with Crippen molar-refractivity contribution in [2.75, 3.05) is 20.2 Å². The van der Waals surface area contributed by atoms with Crippen LogP contribution in [-0.2, 0) is 9.53 Å². The molecule has 0 bridgehead atoms. The Kier molecular flexibility index (Phi) is 12.2. The zero-order valence-electron chi connectivity index (χ0n) is 13.3. The molecular weight excluding hydrogens is 250 g/mol. The third kappa shape index (κ3) is 9.79. The second kappa shape index (κ2) is 12.9. The summed E-state index contributed by atoms with van der Waals surface area (Å²) >= 11 is 0. The highest BCUT2D eigenvalue weighted by atomic mass is 16.5. The molecule has 3 nitrogen and oxygen atoms in total. The number of carbonyl (C=O) groups excluding carboxylic acids is 1. The molecule has 0 aromatic heterocycles. The molecule has 1 atom stereocenters. The highest BCUT2D eigenvalue weighted by Gasteiger charge is 2.13. The van der Waals surface area contributed by atoms with Gasteiger partial charge in [0.2, 0.25) is 0 Å². The lowest BCUT2D eigenvalue weighted by molar-refractivity contribution is -0.144. The van der Waals surface area contributed by atoms with E-state index in [-0.39, 0.29) is 5.97 Å². The van der Waals surface area contributed by atoms with Gasteiger partial charge in [-0.15, -0.1) is 13.2 Å². The largest absolute Gasteiger partial charge is 0.464 e. The van der Waals surface area contributed by atoms with E-state index in [9.17, 15) is 4.79 Å². The summed E-state index contributed by atoms with van der Waals surface area (Å²) in [4.78, 5) is 13.8. The molecule has 0 N–H and O–H groups in total. The quantitative estimate of drug-likeness (QED) is 0.291. The Hall–Kier alpha value is -1.09. The summed E-state index contributed by atoms with van der Waals surface area (Å²) in [5.41, 5.74) is 0. The number of nitrogens with zero attached hydrogens (tertiary/aromatic N) is 1. The summed E-state index contributed by atoms with van der Waals surface area (Å²) in [7, 11) is 2.11. The predicted octanol–water partition coefficient (Wildman–Crippen LogP) is 3.95. The molecule has 0 spiro atoms. The number of likely N-dealkylation sites (N-methyl/N-ethyl adjacent to an activating group) is 1. The maximum Gasteiger partial charge on any atom is 0.305 e. The van der Waals surface area contributed by atoms with Crippen molar-refractivity contribution in [3.63, 3.8) is 0 Å². The fourth-order valence-electron chi connectivity index (χ4n) is 2.18. The van der Waals surface area contributed by atoms with Crippen molar-refractivity contribution in [1.82, 2.24) is 4.90 Å². The van der Waals surface area contributed by atoms with Gasteiger partial charge in [-0.2, -0.15) is 0 Å². The van der Waals surface area contributed by atoms with Gasteiger partial charge in [-0.25, -0.2) is 0 Å². The average molecular weight is 281 g/mol. The van der Waals surface area contributed by atoms with Crippen molar-refractivity contribution in [2.24, 2.45) is 0 Å². The van der Waals surface area contributed by atoms with E-state index in [1.165, 1.54) is 12.8 Å². The van der Waals surface area contributed by atoms with Crippen molar-refractivity contribution in [3.8, 4) is 0 Å². The Morgan fingerprint density at radius 3 is 2.55 bits per heavy atom. The molecule has 1 unspecified atom stereocenters. The first-order valence-corrected chi connectivity index (χ1v) is 7.73. The molecule has 20 heavy (non-hydrogen) atoms. The number of ether oxygens (including phenoxy) is 1. The van der Waals surface area contributed by atoms with Gasteiger partial charge >= 0.3 is 5.97 Å². The van der Waals surface area contributed by atoms with Crippen LogP contribution in [0.2, 0.25) is 0 Å². The van der Waals surface area contributed by atoms with Crippen LogP contribution in [0.4, 0.5) is 0 Å². The van der Waals surface area contributed by atoms with Crippen molar-refractivity contribution >= 4 is 5.97 Å². The maximum absolute atomic E-state index is 11.5. The summed E-state index contributed by atoms with van der Waals surface area (Å²) < 4.78 is 5.26. The summed E-state index contributed by atoms with van der Waals surface area (Å²) in [6, 6.07) is 0.553. The van der Waals surface area contributed by atoms with Crippen LogP contribution in [0.3, 0.4) is 0 Å². The van der Waals surface area contributed by atoms with Gasteiger partial charge in [0.25, 0.3) is 0 Å². The lowest BCUT2D eigenvalue weighted by Crippen LogP contribution is -2.34. The third-order valence-electron chi connectivity index (χ3n) is 3.45. The van der Waals surface area contributed by atoms with Crippen LogP contribution in [0.1, 0.15) is 51.9 Å². The molecule has 0 aliphatic rings. The van der Waals surface area contributed by atoms with Gasteiger partial charge in [-0.3, -0.25) is 4.79 Å². The standard InChI is InChI=1S/C17H31NO2/c1-5-8-10-13-17(19)20-15-14-18(4)16(11-7-3)12-9-6-2/h5-6,16H,1-2,7-15H2,3-4H3. The smallest absolute Gasteiger partial charge is 0.305 e. The lowest BCUT2D eigenvalue weighted by atomic mass is 10.1. The van der Waals surface area contributed by atoms with E-state index in [1.54, 1.807) is 0 Å². The van der Waals surface area contributed by atoms with E-state index in [0.29, 0.717) is 19.1 Å². The van der Waals surface area contributed by atoms with Crippen molar-refractivity contribution in [2.45, 2.75) is 57.9 Å². The van der Waals surface area contributed by atoms with Crippen LogP contribution in [0, 0.1) is 0 Å². The highest BCUT2D eigenvalue weighted by molar-refractivity contribution is 5.69. The third-order valence-corrected chi connectivity index (χ3v) is 3.45. The van der Waals surface area contributed by atoms with Gasteiger partial charge in [0.1, 0.15) is 6.61 Å². The molecule has 0 saturated carbocycles. The van der Waals surface area contributed by atoms with Crippen LogP contribution < -0.4 is 0 Å². The molecule has 0 fully saturated rings.